The summed E-state index contributed by atoms with van der Waals surface area (Å²) in [6.07, 6.45) is 0.441. The third-order valence-electron chi connectivity index (χ3n) is 4.34. The van der Waals surface area contributed by atoms with Crippen LogP contribution in [0.3, 0.4) is 0 Å². The van der Waals surface area contributed by atoms with Crippen LogP contribution in [0.15, 0.2) is 36.4 Å². The Bertz CT molecular complexity index is 630. The van der Waals surface area contributed by atoms with Gasteiger partial charge >= 0.3 is 0 Å². The van der Waals surface area contributed by atoms with Gasteiger partial charge in [-0.2, -0.15) is 0 Å². The molecule has 3 rings (SSSR count). The Morgan fingerprint density at radius 2 is 1.65 bits per heavy atom. The van der Waals surface area contributed by atoms with E-state index >= 15 is 0 Å². The van der Waals surface area contributed by atoms with Crippen molar-refractivity contribution in [3.63, 3.8) is 0 Å². The molecule has 0 saturated heterocycles. The molecular formula is C18H24N2. The lowest BCUT2D eigenvalue weighted by atomic mass is 10.1. The molecule has 2 heteroatoms. The average molecular weight is 268 g/mol. The molecule has 0 saturated carbocycles. The Morgan fingerprint density at radius 1 is 0.950 bits per heavy atom. The first-order chi connectivity index (χ1) is 9.52. The van der Waals surface area contributed by atoms with E-state index in [9.17, 15) is 0 Å². The Labute approximate surface area is 122 Å². The van der Waals surface area contributed by atoms with Gasteiger partial charge < -0.3 is 9.80 Å². The third kappa shape index (κ3) is 1.78. The van der Waals surface area contributed by atoms with Gasteiger partial charge in [0, 0.05) is 18.5 Å². The molecule has 106 valence electrons. The van der Waals surface area contributed by atoms with Gasteiger partial charge in [-0.05, 0) is 31.2 Å². The minimum Gasteiger partial charge on any atom is -0.352 e. The molecule has 1 heterocycles. The van der Waals surface area contributed by atoms with Crippen molar-refractivity contribution in [1.82, 2.24) is 0 Å². The van der Waals surface area contributed by atoms with E-state index in [0.717, 1.165) is 0 Å². The van der Waals surface area contributed by atoms with E-state index in [1.54, 1.807) is 0 Å². The molecule has 0 spiro atoms. The molecule has 0 bridgehead atoms. The molecular weight excluding hydrogens is 244 g/mol. The monoisotopic (exact) mass is 268 g/mol. The van der Waals surface area contributed by atoms with Gasteiger partial charge in [-0.1, -0.05) is 44.2 Å². The SMILES string of the molecule is CC(C)C1N(C)c2c(ccc3ccccc23)N1C(C)C. The topological polar surface area (TPSA) is 6.48 Å². The molecule has 1 unspecified atom stereocenters. The van der Waals surface area contributed by atoms with E-state index in [1.807, 2.05) is 0 Å². The van der Waals surface area contributed by atoms with E-state index in [0.29, 0.717) is 18.1 Å². The summed E-state index contributed by atoms with van der Waals surface area (Å²) in [6, 6.07) is 13.7. The van der Waals surface area contributed by atoms with Crippen LogP contribution < -0.4 is 9.80 Å². The van der Waals surface area contributed by atoms with Gasteiger partial charge in [-0.3, -0.25) is 0 Å². The molecule has 0 fully saturated rings. The second-order valence-corrected chi connectivity index (χ2v) is 6.42. The molecule has 2 aromatic carbocycles. The summed E-state index contributed by atoms with van der Waals surface area (Å²) in [4.78, 5) is 5.02. The number of hydrogen-bond acceptors (Lipinski definition) is 2. The summed E-state index contributed by atoms with van der Waals surface area (Å²) in [7, 11) is 2.23. The lowest BCUT2D eigenvalue weighted by molar-refractivity contribution is 0.443. The van der Waals surface area contributed by atoms with Crippen molar-refractivity contribution < 1.29 is 0 Å². The molecule has 0 aliphatic carbocycles. The van der Waals surface area contributed by atoms with Crippen molar-refractivity contribution in [1.29, 1.82) is 0 Å². The van der Waals surface area contributed by atoms with Crippen LogP contribution >= 0.6 is 0 Å². The van der Waals surface area contributed by atoms with Crippen molar-refractivity contribution in [2.75, 3.05) is 16.8 Å². The highest BCUT2D eigenvalue weighted by atomic mass is 15.4. The molecule has 2 aromatic rings. The standard InChI is InChI=1S/C18H24N2/c1-12(2)18-19(5)17-15-9-7-6-8-14(15)10-11-16(17)20(18)13(3)4/h6-13,18H,1-5H3. The third-order valence-corrected chi connectivity index (χ3v) is 4.34. The Morgan fingerprint density at radius 3 is 2.30 bits per heavy atom. The van der Waals surface area contributed by atoms with Crippen LogP contribution in [0.4, 0.5) is 11.4 Å². The van der Waals surface area contributed by atoms with Gasteiger partial charge in [0.1, 0.15) is 6.17 Å². The van der Waals surface area contributed by atoms with Gasteiger partial charge in [0.05, 0.1) is 11.4 Å². The van der Waals surface area contributed by atoms with E-state index in [-0.39, 0.29) is 0 Å². The van der Waals surface area contributed by atoms with Gasteiger partial charge in [0.25, 0.3) is 0 Å². The van der Waals surface area contributed by atoms with Crippen molar-refractivity contribution in [2.24, 2.45) is 5.92 Å². The lowest BCUT2D eigenvalue weighted by Gasteiger charge is -2.36. The van der Waals surface area contributed by atoms with E-state index in [1.165, 1.54) is 22.1 Å². The Balaban J connectivity index is 2.26. The Hall–Kier alpha value is -1.70. The zero-order chi connectivity index (χ0) is 14.4. The summed E-state index contributed by atoms with van der Waals surface area (Å²) in [5.74, 6) is 0.591. The maximum absolute atomic E-state index is 2.56. The van der Waals surface area contributed by atoms with Crippen LogP contribution in [0.2, 0.25) is 0 Å². The first-order valence-corrected chi connectivity index (χ1v) is 7.55. The highest BCUT2D eigenvalue weighted by Gasteiger charge is 2.37. The van der Waals surface area contributed by atoms with Gasteiger partial charge in [0.2, 0.25) is 0 Å². The molecule has 1 aliphatic heterocycles. The summed E-state index contributed by atoms with van der Waals surface area (Å²) in [5, 5.41) is 2.69. The molecule has 2 nitrogen and oxygen atoms in total. The minimum atomic E-state index is 0.441. The number of rotatable bonds is 2. The fraction of sp³-hybridized carbons (Fsp3) is 0.444. The molecule has 0 N–H and O–H groups in total. The molecule has 0 radical (unpaired) electrons. The smallest absolute Gasteiger partial charge is 0.104 e. The number of nitrogens with zero attached hydrogens (tertiary/aromatic N) is 2. The first-order valence-electron chi connectivity index (χ1n) is 7.55. The number of hydrogen-bond donors (Lipinski definition) is 0. The molecule has 0 aromatic heterocycles. The highest BCUT2D eigenvalue weighted by molar-refractivity contribution is 6.02. The second kappa shape index (κ2) is 4.69. The molecule has 0 amide bonds. The van der Waals surface area contributed by atoms with Crippen molar-refractivity contribution >= 4 is 22.1 Å². The van der Waals surface area contributed by atoms with Crippen LogP contribution in [0, 0.1) is 5.92 Å². The van der Waals surface area contributed by atoms with Crippen LogP contribution in [0.25, 0.3) is 10.8 Å². The van der Waals surface area contributed by atoms with E-state index in [2.05, 4.69) is 80.9 Å². The first kappa shape index (κ1) is 13.3. The van der Waals surface area contributed by atoms with Crippen LogP contribution in [0.5, 0.6) is 0 Å². The maximum Gasteiger partial charge on any atom is 0.104 e. The zero-order valence-corrected chi connectivity index (χ0v) is 13.1. The van der Waals surface area contributed by atoms with Crippen LogP contribution in [-0.4, -0.2) is 19.3 Å². The summed E-state index contributed by atoms with van der Waals surface area (Å²) >= 11 is 0. The van der Waals surface area contributed by atoms with Gasteiger partial charge in [0.15, 0.2) is 0 Å². The largest absolute Gasteiger partial charge is 0.352 e. The summed E-state index contributed by atoms with van der Waals surface area (Å²) < 4.78 is 0. The second-order valence-electron chi connectivity index (χ2n) is 6.42. The lowest BCUT2D eigenvalue weighted by Crippen LogP contribution is -2.48. The fourth-order valence-corrected chi connectivity index (χ4v) is 3.64. The quantitative estimate of drug-likeness (QED) is 0.792. The normalized spacial score (nSPS) is 18.4. The molecule has 1 atom stereocenters. The number of anilines is 2. The van der Waals surface area contributed by atoms with E-state index < -0.39 is 0 Å². The highest BCUT2D eigenvalue weighted by Crippen LogP contribution is 2.46. The van der Waals surface area contributed by atoms with Gasteiger partial charge in [-0.25, -0.2) is 0 Å². The number of benzene rings is 2. The van der Waals surface area contributed by atoms with Crippen LogP contribution in [0.1, 0.15) is 27.7 Å². The summed E-state index contributed by atoms with van der Waals surface area (Å²) in [5.41, 5.74) is 2.76. The van der Waals surface area contributed by atoms with Crippen molar-refractivity contribution in [3.05, 3.63) is 36.4 Å². The predicted molar refractivity (Wildman–Crippen MR) is 88.6 cm³/mol. The minimum absolute atomic E-state index is 0.441. The van der Waals surface area contributed by atoms with Crippen molar-refractivity contribution in [2.45, 2.75) is 39.9 Å². The molecule has 20 heavy (non-hydrogen) atoms. The van der Waals surface area contributed by atoms with Crippen molar-refractivity contribution in [3.8, 4) is 0 Å². The molecule has 1 aliphatic rings. The van der Waals surface area contributed by atoms with Crippen LogP contribution in [-0.2, 0) is 0 Å². The summed E-state index contributed by atoms with van der Waals surface area (Å²) in [6.45, 7) is 9.19. The van der Waals surface area contributed by atoms with Gasteiger partial charge in [-0.15, -0.1) is 0 Å². The Kier molecular flexibility index (Phi) is 3.12. The zero-order valence-electron chi connectivity index (χ0n) is 13.1. The average Bonchev–Trinajstić information content (AvgIpc) is 2.72. The fourth-order valence-electron chi connectivity index (χ4n) is 3.64. The number of fused-ring (bicyclic) bond motifs is 3. The predicted octanol–water partition coefficient (Wildman–Crippen LogP) is 4.49. The van der Waals surface area contributed by atoms with E-state index in [4.69, 9.17) is 0 Å². The maximum atomic E-state index is 2.56.